The molecule has 0 unspecified atom stereocenters. The van der Waals surface area contributed by atoms with Crippen molar-refractivity contribution < 1.29 is 19.7 Å². The average molecular weight is 198 g/mol. The van der Waals surface area contributed by atoms with Gasteiger partial charge in [-0.05, 0) is 13.3 Å². The molecule has 0 radical (unpaired) electrons. The highest BCUT2D eigenvalue weighted by Crippen LogP contribution is 2.69. The average Bonchev–Trinajstić information content (AvgIpc) is 2.23. The van der Waals surface area contributed by atoms with Gasteiger partial charge in [-0.1, -0.05) is 0 Å². The topological polar surface area (TPSA) is 66.8 Å². The molecule has 14 heavy (non-hydrogen) atoms. The van der Waals surface area contributed by atoms with Gasteiger partial charge < -0.3 is 14.9 Å². The Kier molecular flexibility index (Phi) is 1.29. The Morgan fingerprint density at radius 3 is 3.00 bits per heavy atom. The van der Waals surface area contributed by atoms with E-state index in [9.17, 15) is 15.0 Å². The normalized spacial score (nSPS) is 59.9. The van der Waals surface area contributed by atoms with E-state index < -0.39 is 16.6 Å². The van der Waals surface area contributed by atoms with Crippen molar-refractivity contribution in [2.24, 2.45) is 11.3 Å². The lowest BCUT2D eigenvalue weighted by atomic mass is 9.41. The van der Waals surface area contributed by atoms with E-state index in [0.29, 0.717) is 13.0 Å². The van der Waals surface area contributed by atoms with Crippen LogP contribution < -0.4 is 0 Å². The maximum Gasteiger partial charge on any atom is 0.139 e. The summed E-state index contributed by atoms with van der Waals surface area (Å²) in [6.45, 7) is 1.93. The van der Waals surface area contributed by atoms with Gasteiger partial charge in [-0.15, -0.1) is 0 Å². The van der Waals surface area contributed by atoms with E-state index in [4.69, 9.17) is 4.74 Å². The molecule has 2 N–H and O–H groups in total. The Bertz CT molecular complexity index is 328. The molecule has 4 rings (SSSR count). The summed E-state index contributed by atoms with van der Waals surface area (Å²) in [6, 6.07) is 0. The van der Waals surface area contributed by atoms with Gasteiger partial charge in [0.15, 0.2) is 0 Å². The van der Waals surface area contributed by atoms with Crippen LogP contribution in [0.4, 0.5) is 0 Å². The van der Waals surface area contributed by atoms with Crippen molar-refractivity contribution in [2.75, 3.05) is 13.2 Å². The summed E-state index contributed by atoms with van der Waals surface area (Å²) in [5.41, 5.74) is -2.44. The molecule has 4 heteroatoms. The van der Waals surface area contributed by atoms with Gasteiger partial charge in [-0.3, -0.25) is 4.79 Å². The fraction of sp³-hybridized carbons (Fsp3) is 0.900. The van der Waals surface area contributed by atoms with Crippen LogP contribution in [0.25, 0.3) is 0 Å². The molecule has 78 valence electrons. The van der Waals surface area contributed by atoms with Gasteiger partial charge in [0.1, 0.15) is 17.0 Å². The van der Waals surface area contributed by atoms with Gasteiger partial charge >= 0.3 is 0 Å². The smallest absolute Gasteiger partial charge is 0.139 e. The fourth-order valence-corrected chi connectivity index (χ4v) is 3.58. The minimum absolute atomic E-state index is 0.134. The second kappa shape index (κ2) is 2.05. The van der Waals surface area contributed by atoms with Gasteiger partial charge in [-0.25, -0.2) is 0 Å². The first-order valence-electron chi connectivity index (χ1n) is 4.99. The largest absolute Gasteiger partial charge is 0.396 e. The molecule has 3 saturated carbocycles. The predicted molar refractivity (Wildman–Crippen MR) is 46.6 cm³/mol. The van der Waals surface area contributed by atoms with Crippen LogP contribution in [0, 0.1) is 11.3 Å². The summed E-state index contributed by atoms with van der Waals surface area (Å²) in [7, 11) is 0. The maximum absolute atomic E-state index is 11.7. The summed E-state index contributed by atoms with van der Waals surface area (Å²) >= 11 is 0. The van der Waals surface area contributed by atoms with Crippen molar-refractivity contribution in [3.8, 4) is 0 Å². The highest BCUT2D eigenvalue weighted by atomic mass is 16.5. The van der Waals surface area contributed by atoms with Crippen molar-refractivity contribution >= 4 is 5.78 Å². The summed E-state index contributed by atoms with van der Waals surface area (Å²) in [5, 5.41) is 19.8. The molecule has 4 aliphatic rings. The molecule has 0 spiro atoms. The Balaban J connectivity index is 2.15. The van der Waals surface area contributed by atoms with E-state index in [1.807, 2.05) is 0 Å². The molecule has 1 aliphatic heterocycles. The number of hydrogen-bond acceptors (Lipinski definition) is 4. The van der Waals surface area contributed by atoms with E-state index in [1.54, 1.807) is 6.92 Å². The van der Waals surface area contributed by atoms with Crippen molar-refractivity contribution in [3.63, 3.8) is 0 Å². The SMILES string of the molecule is C[C@]12CC(=O)[C@@H]3C[C@@]1(O)[C@@]3(CO)CO2. The van der Waals surface area contributed by atoms with Gasteiger partial charge in [0.05, 0.1) is 18.6 Å². The van der Waals surface area contributed by atoms with Crippen LogP contribution in [0.1, 0.15) is 19.8 Å². The second-order valence-corrected chi connectivity index (χ2v) is 5.09. The van der Waals surface area contributed by atoms with Gasteiger partial charge in [0.25, 0.3) is 0 Å². The third-order valence-electron chi connectivity index (χ3n) is 4.70. The molecule has 4 atom stereocenters. The first-order valence-corrected chi connectivity index (χ1v) is 4.99. The highest BCUT2D eigenvalue weighted by Gasteiger charge is 2.81. The molecule has 1 saturated heterocycles. The predicted octanol–water partition coefficient (Wildman–Crippen LogP) is -0.522. The lowest BCUT2D eigenvalue weighted by Gasteiger charge is -2.63. The van der Waals surface area contributed by atoms with Crippen LogP contribution in [0.3, 0.4) is 0 Å². The molecule has 0 aromatic carbocycles. The van der Waals surface area contributed by atoms with Crippen LogP contribution in [-0.2, 0) is 9.53 Å². The van der Waals surface area contributed by atoms with Crippen molar-refractivity contribution in [1.82, 2.24) is 0 Å². The van der Waals surface area contributed by atoms with Crippen molar-refractivity contribution in [1.29, 1.82) is 0 Å². The monoisotopic (exact) mass is 198 g/mol. The first-order chi connectivity index (χ1) is 6.49. The third-order valence-corrected chi connectivity index (χ3v) is 4.70. The molecule has 0 aromatic heterocycles. The zero-order chi connectivity index (χ0) is 10.2. The van der Waals surface area contributed by atoms with Crippen LogP contribution in [0.15, 0.2) is 0 Å². The number of ether oxygens (including phenoxy) is 1. The number of ketones is 1. The molecule has 4 nitrogen and oxygen atoms in total. The van der Waals surface area contributed by atoms with E-state index >= 15 is 0 Å². The number of aliphatic hydroxyl groups is 2. The minimum atomic E-state index is -0.979. The summed E-state index contributed by atoms with van der Waals surface area (Å²) in [4.78, 5) is 11.7. The van der Waals surface area contributed by atoms with Gasteiger partial charge in [0.2, 0.25) is 0 Å². The first kappa shape index (κ1) is 8.83. The highest BCUT2D eigenvalue weighted by molar-refractivity contribution is 5.88. The third kappa shape index (κ3) is 0.569. The minimum Gasteiger partial charge on any atom is -0.396 e. The number of Topliss-reactive ketones (excluding diaryl/α,β-unsaturated/α-hetero) is 1. The standard InChI is InChI=1S/C10H14O4/c1-8-3-7(12)6-2-10(8,13)9(6,4-11)5-14-8/h6,11,13H,2-5H2,1H3/t6-,8-,9-,10-/m0/s1. The number of aliphatic hydroxyl groups excluding tert-OH is 1. The van der Waals surface area contributed by atoms with Crippen molar-refractivity contribution in [2.45, 2.75) is 31.0 Å². The number of hydrogen-bond donors (Lipinski definition) is 2. The molecule has 0 amide bonds. The Labute approximate surface area is 81.9 Å². The molecule has 4 fully saturated rings. The summed E-state index contributed by atoms with van der Waals surface area (Å²) in [5.74, 6) is -0.0527. The molecule has 4 bridgehead atoms. The zero-order valence-corrected chi connectivity index (χ0v) is 8.12. The number of carbonyl (C=O) groups excluding carboxylic acids is 1. The lowest BCUT2D eigenvalue weighted by Crippen LogP contribution is -2.76. The Morgan fingerprint density at radius 2 is 2.36 bits per heavy atom. The molecule has 0 aromatic rings. The van der Waals surface area contributed by atoms with E-state index in [0.717, 1.165) is 0 Å². The van der Waals surface area contributed by atoms with E-state index in [2.05, 4.69) is 0 Å². The summed E-state index contributed by atoms with van der Waals surface area (Å²) < 4.78 is 5.56. The summed E-state index contributed by atoms with van der Waals surface area (Å²) in [6.07, 6.45) is 0.749. The molecular formula is C10H14O4. The number of rotatable bonds is 1. The fourth-order valence-electron chi connectivity index (χ4n) is 3.58. The lowest BCUT2D eigenvalue weighted by molar-refractivity contribution is -0.252. The van der Waals surface area contributed by atoms with E-state index in [-0.39, 0.29) is 24.7 Å². The van der Waals surface area contributed by atoms with Crippen LogP contribution in [0.5, 0.6) is 0 Å². The molecule has 3 aliphatic carbocycles. The molecule has 1 heterocycles. The quantitative estimate of drug-likeness (QED) is 0.595. The van der Waals surface area contributed by atoms with Crippen LogP contribution in [-0.4, -0.2) is 40.4 Å². The van der Waals surface area contributed by atoms with Gasteiger partial charge in [-0.2, -0.15) is 0 Å². The maximum atomic E-state index is 11.7. The number of carbonyl (C=O) groups is 1. The Morgan fingerprint density at radius 1 is 1.64 bits per heavy atom. The number of fused-ring (bicyclic) bond motifs is 1. The zero-order valence-electron chi connectivity index (χ0n) is 8.12. The second-order valence-electron chi connectivity index (χ2n) is 5.09. The molecular weight excluding hydrogens is 184 g/mol. The Hall–Kier alpha value is -0.450. The van der Waals surface area contributed by atoms with Crippen molar-refractivity contribution in [3.05, 3.63) is 0 Å². The van der Waals surface area contributed by atoms with Crippen LogP contribution in [0.2, 0.25) is 0 Å². The van der Waals surface area contributed by atoms with Gasteiger partial charge in [0, 0.05) is 12.3 Å². The van der Waals surface area contributed by atoms with E-state index in [1.165, 1.54) is 0 Å². The van der Waals surface area contributed by atoms with Crippen LogP contribution >= 0.6 is 0 Å².